The minimum Gasteiger partial charge on any atom is -0.313 e. The van der Waals surface area contributed by atoms with Crippen LogP contribution in [-0.2, 0) is 13.1 Å². The number of nitrogens with one attached hydrogen (secondary N) is 1. The SMILES string of the molecule is Cc1cncc(CNCCCn2cccn2)c1. The first kappa shape index (κ1) is 11.8. The van der Waals surface area contributed by atoms with Crippen LogP contribution in [0.25, 0.3) is 0 Å². The smallest absolute Gasteiger partial charge is 0.0489 e. The van der Waals surface area contributed by atoms with E-state index in [0.29, 0.717) is 0 Å². The van der Waals surface area contributed by atoms with Gasteiger partial charge >= 0.3 is 0 Å². The first-order valence-corrected chi connectivity index (χ1v) is 5.93. The zero-order valence-corrected chi connectivity index (χ0v) is 10.1. The van der Waals surface area contributed by atoms with Crippen molar-refractivity contribution in [3.63, 3.8) is 0 Å². The van der Waals surface area contributed by atoms with Crippen LogP contribution >= 0.6 is 0 Å². The molecule has 0 fully saturated rings. The summed E-state index contributed by atoms with van der Waals surface area (Å²) in [5.41, 5.74) is 2.45. The molecule has 1 N–H and O–H groups in total. The predicted molar refractivity (Wildman–Crippen MR) is 67.5 cm³/mol. The first-order chi connectivity index (χ1) is 8.34. The van der Waals surface area contributed by atoms with Crippen molar-refractivity contribution in [3.8, 4) is 0 Å². The average Bonchev–Trinajstić information content (AvgIpc) is 2.82. The quantitative estimate of drug-likeness (QED) is 0.769. The van der Waals surface area contributed by atoms with Crippen LogP contribution in [0.15, 0.2) is 36.9 Å². The van der Waals surface area contributed by atoms with E-state index >= 15 is 0 Å². The number of aryl methyl sites for hydroxylation is 2. The molecule has 0 saturated heterocycles. The molecule has 0 unspecified atom stereocenters. The summed E-state index contributed by atoms with van der Waals surface area (Å²) in [6.07, 6.45) is 8.67. The fourth-order valence-electron chi connectivity index (χ4n) is 1.75. The summed E-state index contributed by atoms with van der Waals surface area (Å²) >= 11 is 0. The van der Waals surface area contributed by atoms with Crippen molar-refractivity contribution in [1.82, 2.24) is 20.1 Å². The summed E-state index contributed by atoms with van der Waals surface area (Å²) in [6, 6.07) is 4.11. The maximum Gasteiger partial charge on any atom is 0.0489 e. The molecular weight excluding hydrogens is 212 g/mol. The van der Waals surface area contributed by atoms with Crippen LogP contribution in [0.5, 0.6) is 0 Å². The van der Waals surface area contributed by atoms with Gasteiger partial charge in [0.15, 0.2) is 0 Å². The number of hydrogen-bond acceptors (Lipinski definition) is 3. The number of pyridine rings is 1. The van der Waals surface area contributed by atoms with Crippen LogP contribution in [-0.4, -0.2) is 21.3 Å². The normalized spacial score (nSPS) is 10.6. The second-order valence-electron chi connectivity index (χ2n) is 4.17. The van der Waals surface area contributed by atoms with Gasteiger partial charge in [-0.1, -0.05) is 6.07 Å². The number of aromatic nitrogens is 3. The van der Waals surface area contributed by atoms with Crippen LogP contribution in [0.1, 0.15) is 17.5 Å². The van der Waals surface area contributed by atoms with Gasteiger partial charge in [-0.15, -0.1) is 0 Å². The highest BCUT2D eigenvalue weighted by Crippen LogP contribution is 2.00. The van der Waals surface area contributed by atoms with Gasteiger partial charge in [0.2, 0.25) is 0 Å². The van der Waals surface area contributed by atoms with Gasteiger partial charge in [0.05, 0.1) is 0 Å². The Bertz CT molecular complexity index is 436. The molecule has 0 aliphatic rings. The molecule has 0 aliphatic carbocycles. The van der Waals surface area contributed by atoms with Crippen molar-refractivity contribution in [2.24, 2.45) is 0 Å². The van der Waals surface area contributed by atoms with Gasteiger partial charge in [0.1, 0.15) is 0 Å². The van der Waals surface area contributed by atoms with E-state index in [1.54, 1.807) is 0 Å². The van der Waals surface area contributed by atoms with Gasteiger partial charge in [-0.2, -0.15) is 5.10 Å². The molecule has 4 heteroatoms. The summed E-state index contributed by atoms with van der Waals surface area (Å²) in [5, 5.41) is 7.57. The molecule has 0 aliphatic heterocycles. The minimum absolute atomic E-state index is 0.883. The molecular formula is C13H18N4. The van der Waals surface area contributed by atoms with Crippen LogP contribution in [0, 0.1) is 6.92 Å². The Balaban J connectivity index is 1.63. The zero-order chi connectivity index (χ0) is 11.9. The Hall–Kier alpha value is -1.68. The van der Waals surface area contributed by atoms with Crippen LogP contribution < -0.4 is 5.32 Å². The highest BCUT2D eigenvalue weighted by atomic mass is 15.3. The zero-order valence-electron chi connectivity index (χ0n) is 10.1. The lowest BCUT2D eigenvalue weighted by Crippen LogP contribution is -2.16. The molecule has 0 aromatic carbocycles. The van der Waals surface area contributed by atoms with Gasteiger partial charge in [0.25, 0.3) is 0 Å². The lowest BCUT2D eigenvalue weighted by molar-refractivity contribution is 0.543. The Morgan fingerprint density at radius 1 is 1.35 bits per heavy atom. The third-order valence-corrected chi connectivity index (χ3v) is 2.56. The van der Waals surface area contributed by atoms with Gasteiger partial charge in [0, 0.05) is 37.9 Å². The van der Waals surface area contributed by atoms with E-state index in [-0.39, 0.29) is 0 Å². The highest BCUT2D eigenvalue weighted by molar-refractivity contribution is 5.16. The summed E-state index contributed by atoms with van der Waals surface area (Å²) in [5.74, 6) is 0. The van der Waals surface area contributed by atoms with Gasteiger partial charge in [-0.05, 0) is 37.1 Å². The van der Waals surface area contributed by atoms with E-state index in [0.717, 1.165) is 26.1 Å². The van der Waals surface area contributed by atoms with Crippen molar-refractivity contribution in [2.75, 3.05) is 6.54 Å². The highest BCUT2D eigenvalue weighted by Gasteiger charge is 1.94. The predicted octanol–water partition coefficient (Wildman–Crippen LogP) is 1.77. The third-order valence-electron chi connectivity index (χ3n) is 2.56. The summed E-state index contributed by atoms with van der Waals surface area (Å²) in [7, 11) is 0. The molecule has 0 radical (unpaired) electrons. The molecule has 90 valence electrons. The molecule has 0 amide bonds. The third kappa shape index (κ3) is 4.00. The molecule has 2 aromatic heterocycles. The van der Waals surface area contributed by atoms with Crippen molar-refractivity contribution < 1.29 is 0 Å². The van der Waals surface area contributed by atoms with Crippen molar-refractivity contribution in [2.45, 2.75) is 26.4 Å². The van der Waals surface area contributed by atoms with E-state index in [1.807, 2.05) is 35.5 Å². The van der Waals surface area contributed by atoms with Crippen molar-refractivity contribution in [3.05, 3.63) is 48.0 Å². The lowest BCUT2D eigenvalue weighted by Gasteiger charge is -2.05. The molecule has 17 heavy (non-hydrogen) atoms. The Labute approximate surface area is 102 Å². The number of rotatable bonds is 6. The fourth-order valence-corrected chi connectivity index (χ4v) is 1.75. The maximum absolute atomic E-state index is 4.17. The standard InChI is InChI=1S/C13H18N4/c1-12-8-13(11-15-9-12)10-14-4-2-6-17-7-3-5-16-17/h3,5,7-9,11,14H,2,4,6,10H2,1H3. The van der Waals surface area contributed by atoms with Gasteiger partial charge in [-0.3, -0.25) is 9.67 Å². The fraction of sp³-hybridized carbons (Fsp3) is 0.385. The molecule has 2 heterocycles. The number of hydrogen-bond donors (Lipinski definition) is 1. The molecule has 2 rings (SSSR count). The maximum atomic E-state index is 4.17. The molecule has 2 aromatic rings. The summed E-state index contributed by atoms with van der Waals surface area (Å²) < 4.78 is 1.95. The Kier molecular flexibility index (Phi) is 4.27. The molecule has 0 atom stereocenters. The van der Waals surface area contributed by atoms with E-state index in [4.69, 9.17) is 0 Å². The van der Waals surface area contributed by atoms with Crippen LogP contribution in [0.3, 0.4) is 0 Å². The lowest BCUT2D eigenvalue weighted by atomic mass is 10.2. The first-order valence-electron chi connectivity index (χ1n) is 5.93. The largest absolute Gasteiger partial charge is 0.313 e. The monoisotopic (exact) mass is 230 g/mol. The van der Waals surface area contributed by atoms with E-state index in [1.165, 1.54) is 11.1 Å². The molecule has 0 spiro atoms. The summed E-state index contributed by atoms with van der Waals surface area (Å²) in [6.45, 7) is 4.90. The van der Waals surface area contributed by atoms with Gasteiger partial charge in [-0.25, -0.2) is 0 Å². The topological polar surface area (TPSA) is 42.7 Å². The van der Waals surface area contributed by atoms with Crippen LogP contribution in [0.2, 0.25) is 0 Å². The molecule has 0 bridgehead atoms. The number of nitrogens with zero attached hydrogens (tertiary/aromatic N) is 3. The van der Waals surface area contributed by atoms with E-state index in [2.05, 4.69) is 28.4 Å². The van der Waals surface area contributed by atoms with Crippen molar-refractivity contribution in [1.29, 1.82) is 0 Å². The summed E-state index contributed by atoms with van der Waals surface area (Å²) in [4.78, 5) is 4.17. The van der Waals surface area contributed by atoms with Crippen molar-refractivity contribution >= 4 is 0 Å². The Morgan fingerprint density at radius 3 is 3.06 bits per heavy atom. The van der Waals surface area contributed by atoms with E-state index in [9.17, 15) is 0 Å². The average molecular weight is 230 g/mol. The van der Waals surface area contributed by atoms with E-state index < -0.39 is 0 Å². The van der Waals surface area contributed by atoms with Crippen LogP contribution in [0.4, 0.5) is 0 Å². The second kappa shape index (κ2) is 6.15. The molecule has 4 nitrogen and oxygen atoms in total. The second-order valence-corrected chi connectivity index (χ2v) is 4.17. The molecule has 0 saturated carbocycles. The van der Waals surface area contributed by atoms with Gasteiger partial charge < -0.3 is 5.32 Å². The minimum atomic E-state index is 0.883. The Morgan fingerprint density at radius 2 is 2.29 bits per heavy atom.